The van der Waals surface area contributed by atoms with Crippen molar-refractivity contribution < 1.29 is 9.59 Å². The van der Waals surface area contributed by atoms with Gasteiger partial charge in [-0.05, 0) is 54.7 Å². The third-order valence-electron chi connectivity index (χ3n) is 5.89. The number of hydrogen-bond donors (Lipinski definition) is 1. The Hall–Kier alpha value is -1.55. The SMILES string of the molecule is C.CC[C@H](C)[C@@H](NC(=O)CCC(C)C)C(=O)N1CCC(c2ccc(Cl)cc2)CC1. The van der Waals surface area contributed by atoms with E-state index in [2.05, 4.69) is 38.2 Å². The first-order valence-electron chi connectivity index (χ1n) is 10.6. The molecule has 0 bridgehead atoms. The number of nitrogens with one attached hydrogen (secondary N) is 1. The van der Waals surface area contributed by atoms with Gasteiger partial charge in [-0.15, -0.1) is 0 Å². The maximum Gasteiger partial charge on any atom is 0.245 e. The minimum Gasteiger partial charge on any atom is -0.344 e. The summed E-state index contributed by atoms with van der Waals surface area (Å²) in [6, 6.07) is 7.61. The van der Waals surface area contributed by atoms with Gasteiger partial charge in [-0.25, -0.2) is 0 Å². The lowest BCUT2D eigenvalue weighted by Crippen LogP contribution is -2.53. The maximum atomic E-state index is 13.2. The summed E-state index contributed by atoms with van der Waals surface area (Å²) < 4.78 is 0. The molecule has 1 fully saturated rings. The van der Waals surface area contributed by atoms with E-state index >= 15 is 0 Å². The number of piperidine rings is 1. The summed E-state index contributed by atoms with van der Waals surface area (Å²) in [5.41, 5.74) is 1.29. The second-order valence-corrected chi connectivity index (χ2v) is 8.95. The van der Waals surface area contributed by atoms with Crippen molar-refractivity contribution in [2.45, 2.75) is 79.2 Å². The Bertz CT molecular complexity index is 637. The molecule has 0 spiro atoms. The van der Waals surface area contributed by atoms with Gasteiger partial charge in [0.2, 0.25) is 11.8 Å². The second kappa shape index (κ2) is 12.2. The van der Waals surface area contributed by atoms with Crippen LogP contribution in [-0.4, -0.2) is 35.8 Å². The van der Waals surface area contributed by atoms with Gasteiger partial charge in [0.1, 0.15) is 6.04 Å². The number of amides is 2. The van der Waals surface area contributed by atoms with Crippen molar-refractivity contribution in [3.05, 3.63) is 34.9 Å². The topological polar surface area (TPSA) is 49.4 Å². The van der Waals surface area contributed by atoms with Crippen LogP contribution in [-0.2, 0) is 9.59 Å². The Labute approximate surface area is 182 Å². The fourth-order valence-corrected chi connectivity index (χ4v) is 3.84. The van der Waals surface area contributed by atoms with E-state index in [4.69, 9.17) is 11.6 Å². The van der Waals surface area contributed by atoms with E-state index in [1.54, 1.807) is 0 Å². The van der Waals surface area contributed by atoms with Crippen molar-refractivity contribution >= 4 is 23.4 Å². The normalized spacial score (nSPS) is 16.8. The van der Waals surface area contributed by atoms with Gasteiger partial charge in [-0.2, -0.15) is 0 Å². The molecule has 1 aromatic carbocycles. The summed E-state index contributed by atoms with van der Waals surface area (Å²) in [6.45, 7) is 9.80. The van der Waals surface area contributed by atoms with Crippen molar-refractivity contribution in [3.63, 3.8) is 0 Å². The number of hydrogen-bond acceptors (Lipinski definition) is 2. The van der Waals surface area contributed by atoms with Gasteiger partial charge in [-0.1, -0.05) is 65.3 Å². The van der Waals surface area contributed by atoms with Gasteiger partial charge in [0.15, 0.2) is 0 Å². The zero-order chi connectivity index (χ0) is 20.7. The Kier molecular flexibility index (Phi) is 10.7. The summed E-state index contributed by atoms with van der Waals surface area (Å²) in [7, 11) is 0. The molecule has 1 heterocycles. The fourth-order valence-electron chi connectivity index (χ4n) is 3.71. The van der Waals surface area contributed by atoms with E-state index in [-0.39, 0.29) is 25.2 Å². The average molecular weight is 423 g/mol. The van der Waals surface area contributed by atoms with Crippen molar-refractivity contribution in [1.29, 1.82) is 0 Å². The molecule has 2 rings (SSSR count). The van der Waals surface area contributed by atoms with Crippen molar-refractivity contribution in [2.75, 3.05) is 13.1 Å². The third-order valence-corrected chi connectivity index (χ3v) is 6.14. The Morgan fingerprint density at radius 3 is 2.24 bits per heavy atom. The van der Waals surface area contributed by atoms with Crippen LogP contribution in [0.4, 0.5) is 0 Å². The summed E-state index contributed by atoms with van der Waals surface area (Å²) in [6.07, 6.45) is 4.09. The number of carbonyl (C=O) groups excluding carboxylic acids is 2. The molecular weight excluding hydrogens is 384 g/mol. The predicted octanol–water partition coefficient (Wildman–Crippen LogP) is 5.65. The monoisotopic (exact) mass is 422 g/mol. The van der Waals surface area contributed by atoms with E-state index in [9.17, 15) is 9.59 Å². The van der Waals surface area contributed by atoms with Gasteiger partial charge >= 0.3 is 0 Å². The van der Waals surface area contributed by atoms with Gasteiger partial charge in [0.25, 0.3) is 0 Å². The first kappa shape index (κ1) is 25.5. The van der Waals surface area contributed by atoms with Crippen LogP contribution in [0, 0.1) is 11.8 Å². The molecule has 0 aromatic heterocycles. The van der Waals surface area contributed by atoms with Crippen LogP contribution in [0.3, 0.4) is 0 Å². The average Bonchev–Trinajstić information content (AvgIpc) is 2.70. The van der Waals surface area contributed by atoms with Crippen LogP contribution in [0.5, 0.6) is 0 Å². The van der Waals surface area contributed by atoms with Gasteiger partial charge < -0.3 is 10.2 Å². The number of rotatable bonds is 8. The lowest BCUT2D eigenvalue weighted by atomic mass is 9.88. The smallest absolute Gasteiger partial charge is 0.245 e. The molecule has 0 aliphatic carbocycles. The van der Waals surface area contributed by atoms with Crippen LogP contribution < -0.4 is 5.32 Å². The third kappa shape index (κ3) is 7.65. The summed E-state index contributed by atoms with van der Waals surface area (Å²) >= 11 is 5.99. The largest absolute Gasteiger partial charge is 0.344 e. The molecule has 1 N–H and O–H groups in total. The van der Waals surface area contributed by atoms with E-state index in [0.29, 0.717) is 18.3 Å². The highest BCUT2D eigenvalue weighted by Gasteiger charge is 2.32. The lowest BCUT2D eigenvalue weighted by Gasteiger charge is -2.36. The summed E-state index contributed by atoms with van der Waals surface area (Å²) in [5.74, 6) is 1.13. The fraction of sp³-hybridized carbons (Fsp3) is 0.667. The number of nitrogens with zero attached hydrogens (tertiary/aromatic N) is 1. The Morgan fingerprint density at radius 2 is 1.72 bits per heavy atom. The van der Waals surface area contributed by atoms with E-state index in [0.717, 1.165) is 43.8 Å². The van der Waals surface area contributed by atoms with Crippen LogP contribution in [0.1, 0.15) is 78.7 Å². The first-order valence-corrected chi connectivity index (χ1v) is 11.0. The molecule has 1 aliphatic heterocycles. The number of likely N-dealkylation sites (tertiary alicyclic amines) is 1. The van der Waals surface area contributed by atoms with E-state index in [1.807, 2.05) is 24.0 Å². The highest BCUT2D eigenvalue weighted by molar-refractivity contribution is 6.30. The molecule has 0 radical (unpaired) electrons. The van der Waals surface area contributed by atoms with Crippen molar-refractivity contribution in [1.82, 2.24) is 10.2 Å². The molecule has 1 saturated heterocycles. The van der Waals surface area contributed by atoms with Gasteiger partial charge in [0, 0.05) is 24.5 Å². The number of benzene rings is 1. The molecular formula is C24H39ClN2O2. The number of carbonyl (C=O) groups is 2. The molecule has 1 aromatic rings. The minimum atomic E-state index is -0.420. The Morgan fingerprint density at radius 1 is 1.14 bits per heavy atom. The first-order chi connectivity index (χ1) is 13.3. The highest BCUT2D eigenvalue weighted by atomic mass is 35.5. The molecule has 2 amide bonds. The van der Waals surface area contributed by atoms with Crippen molar-refractivity contribution in [2.24, 2.45) is 11.8 Å². The zero-order valence-corrected chi connectivity index (χ0v) is 18.5. The molecule has 0 unspecified atom stereocenters. The van der Waals surface area contributed by atoms with Crippen LogP contribution in [0.2, 0.25) is 5.02 Å². The molecule has 164 valence electrons. The molecule has 2 atom stereocenters. The zero-order valence-electron chi connectivity index (χ0n) is 17.7. The van der Waals surface area contributed by atoms with E-state index in [1.165, 1.54) is 5.56 Å². The molecule has 4 nitrogen and oxygen atoms in total. The van der Waals surface area contributed by atoms with Crippen LogP contribution >= 0.6 is 11.6 Å². The highest BCUT2D eigenvalue weighted by Crippen LogP contribution is 2.29. The summed E-state index contributed by atoms with van der Waals surface area (Å²) in [4.78, 5) is 27.4. The standard InChI is InChI=1S/C23H35ClN2O2.CH4/c1-5-17(4)22(25-21(27)11-6-16(2)3)23(28)26-14-12-19(13-15-26)18-7-9-20(24)10-8-18;/h7-10,16-17,19,22H,5-6,11-15H2,1-4H3,(H,25,27);1H4/t17-,22+;/m0./s1. The molecule has 29 heavy (non-hydrogen) atoms. The predicted molar refractivity (Wildman–Crippen MR) is 122 cm³/mol. The molecule has 0 saturated carbocycles. The lowest BCUT2D eigenvalue weighted by molar-refractivity contribution is -0.138. The van der Waals surface area contributed by atoms with Gasteiger partial charge in [0.05, 0.1) is 0 Å². The van der Waals surface area contributed by atoms with Crippen LogP contribution in [0.25, 0.3) is 0 Å². The Balaban J connectivity index is 0.00000420. The quantitative estimate of drug-likeness (QED) is 0.588. The second-order valence-electron chi connectivity index (χ2n) is 8.51. The van der Waals surface area contributed by atoms with Crippen molar-refractivity contribution in [3.8, 4) is 0 Å². The molecule has 5 heteroatoms. The maximum absolute atomic E-state index is 13.2. The van der Waals surface area contributed by atoms with Gasteiger partial charge in [-0.3, -0.25) is 9.59 Å². The van der Waals surface area contributed by atoms with E-state index < -0.39 is 6.04 Å². The van der Waals surface area contributed by atoms with Crippen LogP contribution in [0.15, 0.2) is 24.3 Å². The summed E-state index contributed by atoms with van der Waals surface area (Å²) in [5, 5.41) is 3.78. The minimum absolute atomic E-state index is 0. The molecule has 1 aliphatic rings. The number of halogens is 1.